The van der Waals surface area contributed by atoms with E-state index in [1.165, 1.54) is 15.9 Å². The molecule has 0 aliphatic carbocycles. The first-order valence-electron chi connectivity index (χ1n) is 8.76. The van der Waals surface area contributed by atoms with Crippen molar-refractivity contribution in [3.63, 3.8) is 0 Å². The van der Waals surface area contributed by atoms with Gasteiger partial charge >= 0.3 is 6.03 Å². The van der Waals surface area contributed by atoms with Gasteiger partial charge in [0.2, 0.25) is 5.91 Å². The van der Waals surface area contributed by atoms with Crippen LogP contribution in [0.5, 0.6) is 0 Å². The minimum Gasteiger partial charge on any atom is -0.328 e. The first-order valence-corrected chi connectivity index (χ1v) is 9.13. The van der Waals surface area contributed by atoms with E-state index in [4.69, 9.17) is 11.6 Å². The van der Waals surface area contributed by atoms with Crippen LogP contribution in [0.2, 0.25) is 5.02 Å². The number of carbonyl (C=O) groups is 2. The lowest BCUT2D eigenvalue weighted by Crippen LogP contribution is -2.31. The van der Waals surface area contributed by atoms with Crippen molar-refractivity contribution in [2.75, 3.05) is 37.4 Å². The number of aliphatic imine (C=N–C) groups is 1. The second-order valence-corrected chi connectivity index (χ2v) is 6.74. The molecule has 1 aliphatic rings. The molecule has 0 saturated carbocycles. The van der Waals surface area contributed by atoms with Crippen LogP contribution in [0, 0.1) is 5.82 Å². The zero-order valence-electron chi connectivity index (χ0n) is 15.8. The fourth-order valence-corrected chi connectivity index (χ4v) is 3.16. The van der Waals surface area contributed by atoms with Crippen molar-refractivity contribution in [1.82, 2.24) is 4.90 Å². The summed E-state index contributed by atoms with van der Waals surface area (Å²) >= 11 is 6.63. The summed E-state index contributed by atoms with van der Waals surface area (Å²) in [6, 6.07) is 9.13. The minimum atomic E-state index is -0.472. The number of rotatable bonds is 3. The Morgan fingerprint density at radius 1 is 1.32 bits per heavy atom. The van der Waals surface area contributed by atoms with Crippen molar-refractivity contribution in [2.24, 2.45) is 4.99 Å². The molecule has 1 aliphatic heterocycles. The van der Waals surface area contributed by atoms with Crippen LogP contribution in [0.15, 0.2) is 41.4 Å². The van der Waals surface area contributed by atoms with Crippen LogP contribution >= 0.6 is 11.6 Å². The summed E-state index contributed by atoms with van der Waals surface area (Å²) in [6.45, 7) is 2.24. The fraction of sp³-hybridized carbons (Fsp3) is 0.250. The average Bonchev–Trinajstić information content (AvgIpc) is 2.81. The van der Waals surface area contributed by atoms with Crippen molar-refractivity contribution < 1.29 is 14.0 Å². The normalized spacial score (nSPS) is 13.5. The van der Waals surface area contributed by atoms with Crippen LogP contribution in [0.3, 0.4) is 0 Å². The van der Waals surface area contributed by atoms with E-state index < -0.39 is 5.82 Å². The SMILES string of the molecule is CCN(C)C(=O)Nc1ccc2c(c1Cl)C(c1ccccc1F)=NCC(=O)N2C. The number of amides is 3. The van der Waals surface area contributed by atoms with E-state index in [9.17, 15) is 14.0 Å². The Balaban J connectivity index is 2.18. The molecule has 3 rings (SSSR count). The third-order valence-corrected chi connectivity index (χ3v) is 5.05. The Morgan fingerprint density at radius 2 is 2.04 bits per heavy atom. The van der Waals surface area contributed by atoms with Crippen LogP contribution in [-0.2, 0) is 4.79 Å². The summed E-state index contributed by atoms with van der Waals surface area (Å²) < 4.78 is 14.5. The van der Waals surface area contributed by atoms with Gasteiger partial charge in [-0.2, -0.15) is 0 Å². The molecule has 0 saturated heterocycles. The third-order valence-electron chi connectivity index (χ3n) is 4.66. The number of likely N-dealkylation sites (N-methyl/N-ethyl adjacent to an activating group) is 1. The van der Waals surface area contributed by atoms with Gasteiger partial charge in [0.1, 0.15) is 12.4 Å². The largest absolute Gasteiger partial charge is 0.328 e. The molecular weight excluding hydrogens is 383 g/mol. The second kappa shape index (κ2) is 7.98. The Morgan fingerprint density at radius 3 is 2.71 bits per heavy atom. The zero-order valence-corrected chi connectivity index (χ0v) is 16.5. The molecule has 1 heterocycles. The van der Waals surface area contributed by atoms with Gasteiger partial charge in [0.05, 0.1) is 22.1 Å². The summed E-state index contributed by atoms with van der Waals surface area (Å²) in [7, 11) is 3.27. The first kappa shape index (κ1) is 19.8. The molecule has 0 atom stereocenters. The van der Waals surface area contributed by atoms with Crippen molar-refractivity contribution in [1.29, 1.82) is 0 Å². The smallest absolute Gasteiger partial charge is 0.321 e. The lowest BCUT2D eigenvalue weighted by atomic mass is 9.99. The second-order valence-electron chi connectivity index (χ2n) is 6.36. The number of nitrogens with one attached hydrogen (secondary N) is 1. The van der Waals surface area contributed by atoms with Gasteiger partial charge in [0.15, 0.2) is 0 Å². The number of nitrogens with zero attached hydrogens (tertiary/aromatic N) is 3. The number of benzodiazepines with no additional fused rings is 1. The maximum absolute atomic E-state index is 14.5. The number of fused-ring (bicyclic) bond motifs is 1. The van der Waals surface area contributed by atoms with Gasteiger partial charge < -0.3 is 15.1 Å². The van der Waals surface area contributed by atoms with Crippen molar-refractivity contribution >= 4 is 40.6 Å². The van der Waals surface area contributed by atoms with Crippen LogP contribution in [0.25, 0.3) is 0 Å². The van der Waals surface area contributed by atoms with Gasteiger partial charge in [0, 0.05) is 31.8 Å². The van der Waals surface area contributed by atoms with E-state index in [-0.39, 0.29) is 34.8 Å². The van der Waals surface area contributed by atoms with Gasteiger partial charge in [-0.05, 0) is 31.2 Å². The Hall–Kier alpha value is -2.93. The molecule has 0 bridgehead atoms. The highest BCUT2D eigenvalue weighted by Gasteiger charge is 2.28. The topological polar surface area (TPSA) is 65.0 Å². The monoisotopic (exact) mass is 402 g/mol. The van der Waals surface area contributed by atoms with Gasteiger partial charge in [-0.1, -0.05) is 23.7 Å². The minimum absolute atomic E-state index is 0.133. The highest BCUT2D eigenvalue weighted by molar-refractivity contribution is 6.40. The average molecular weight is 403 g/mol. The van der Waals surface area contributed by atoms with Gasteiger partial charge in [0.25, 0.3) is 0 Å². The molecule has 146 valence electrons. The number of urea groups is 1. The number of hydrogen-bond acceptors (Lipinski definition) is 3. The van der Waals surface area contributed by atoms with E-state index in [0.717, 1.165) is 0 Å². The Bertz CT molecular complexity index is 977. The van der Waals surface area contributed by atoms with E-state index >= 15 is 0 Å². The summed E-state index contributed by atoms with van der Waals surface area (Å²) in [5, 5.41) is 2.94. The van der Waals surface area contributed by atoms with Gasteiger partial charge in [-0.3, -0.25) is 9.79 Å². The van der Waals surface area contributed by atoms with Gasteiger partial charge in [-0.25, -0.2) is 9.18 Å². The number of benzene rings is 2. The third kappa shape index (κ3) is 3.57. The van der Waals surface area contributed by atoms with Crippen LogP contribution in [0.1, 0.15) is 18.1 Å². The molecule has 28 heavy (non-hydrogen) atoms. The van der Waals surface area contributed by atoms with E-state index in [1.54, 1.807) is 44.4 Å². The predicted molar refractivity (Wildman–Crippen MR) is 109 cm³/mol. The molecule has 2 aromatic rings. The maximum atomic E-state index is 14.5. The van der Waals surface area contributed by atoms with Crippen LogP contribution < -0.4 is 10.2 Å². The molecule has 1 N–H and O–H groups in total. The molecule has 3 amide bonds. The molecule has 8 heteroatoms. The number of hydrogen-bond donors (Lipinski definition) is 1. The molecule has 0 fully saturated rings. The summed E-state index contributed by atoms with van der Waals surface area (Å²) in [5.41, 5.74) is 1.77. The Kier molecular flexibility index (Phi) is 5.65. The maximum Gasteiger partial charge on any atom is 0.321 e. The molecular formula is C20H20ClFN4O2. The fourth-order valence-electron chi connectivity index (χ4n) is 2.86. The highest BCUT2D eigenvalue weighted by Crippen LogP contribution is 2.37. The molecule has 6 nitrogen and oxygen atoms in total. The summed E-state index contributed by atoms with van der Waals surface area (Å²) in [5.74, 6) is -0.716. The van der Waals surface area contributed by atoms with Crippen molar-refractivity contribution in [3.05, 3.63) is 58.4 Å². The predicted octanol–water partition coefficient (Wildman–Crippen LogP) is 3.78. The summed E-state index contributed by atoms with van der Waals surface area (Å²) in [6.07, 6.45) is 0. The van der Waals surface area contributed by atoms with Crippen molar-refractivity contribution in [3.8, 4) is 0 Å². The Labute approximate surface area is 167 Å². The van der Waals surface area contributed by atoms with E-state index in [2.05, 4.69) is 10.3 Å². The number of anilines is 2. The molecule has 0 unspecified atom stereocenters. The molecule has 2 aromatic carbocycles. The van der Waals surface area contributed by atoms with Crippen LogP contribution in [0.4, 0.5) is 20.6 Å². The van der Waals surface area contributed by atoms with E-state index in [1.807, 2.05) is 6.92 Å². The van der Waals surface area contributed by atoms with Gasteiger partial charge in [-0.15, -0.1) is 0 Å². The van der Waals surface area contributed by atoms with E-state index in [0.29, 0.717) is 23.5 Å². The number of halogens is 2. The highest BCUT2D eigenvalue weighted by atomic mass is 35.5. The molecule has 0 aromatic heterocycles. The zero-order chi connectivity index (χ0) is 20.4. The molecule has 0 spiro atoms. The number of carbonyl (C=O) groups excluding carboxylic acids is 2. The van der Waals surface area contributed by atoms with Crippen molar-refractivity contribution in [2.45, 2.75) is 6.92 Å². The standard InChI is InChI=1S/C20H20ClFN4O2/c1-4-25(2)20(28)24-14-9-10-15-17(18(14)21)19(23-11-16(27)26(15)3)12-7-5-6-8-13(12)22/h5-10H,4,11H2,1-3H3,(H,24,28). The lowest BCUT2D eigenvalue weighted by molar-refractivity contribution is -0.116. The molecule has 0 radical (unpaired) electrons. The quantitative estimate of drug-likeness (QED) is 0.849. The summed E-state index contributed by atoms with van der Waals surface area (Å²) in [4.78, 5) is 31.9. The van der Waals surface area contributed by atoms with Crippen LogP contribution in [-0.4, -0.2) is 49.7 Å². The first-order chi connectivity index (χ1) is 13.3. The lowest BCUT2D eigenvalue weighted by Gasteiger charge is -2.22.